The summed E-state index contributed by atoms with van der Waals surface area (Å²) in [5.41, 5.74) is 1.37. The molecule has 1 aromatic rings. The maximum Gasteiger partial charge on any atom is 0.0587 e. The summed E-state index contributed by atoms with van der Waals surface area (Å²) in [4.78, 5) is 0. The van der Waals surface area contributed by atoms with Crippen LogP contribution >= 0.6 is 0 Å². The van der Waals surface area contributed by atoms with Crippen molar-refractivity contribution in [2.45, 2.75) is 38.5 Å². The van der Waals surface area contributed by atoms with E-state index in [-0.39, 0.29) is 0 Å². The molecule has 0 aromatic carbocycles. The largest absolute Gasteiger partial charge is 0.383 e. The van der Waals surface area contributed by atoms with Crippen LogP contribution in [0.25, 0.3) is 0 Å². The Hall–Kier alpha value is -0.870. The molecule has 1 unspecified atom stereocenters. The first-order chi connectivity index (χ1) is 9.79. The fourth-order valence-corrected chi connectivity index (χ4v) is 3.35. The summed E-state index contributed by atoms with van der Waals surface area (Å²) in [5.74, 6) is 1.72. The van der Waals surface area contributed by atoms with E-state index >= 15 is 0 Å². The zero-order chi connectivity index (χ0) is 14.2. The summed E-state index contributed by atoms with van der Waals surface area (Å²) >= 11 is 0. The molecule has 20 heavy (non-hydrogen) atoms. The summed E-state index contributed by atoms with van der Waals surface area (Å²) in [6.45, 7) is 2.90. The quantitative estimate of drug-likeness (QED) is 0.706. The standard InChI is InChI=1S/C16H29N3O/c1-19-13-14(11-18-19)7-8-16(12-17-9-10-20-2)15-5-3-4-6-15/h11,13,15-17H,3-10,12H2,1-2H3. The van der Waals surface area contributed by atoms with Gasteiger partial charge in [0.05, 0.1) is 12.8 Å². The van der Waals surface area contributed by atoms with E-state index in [4.69, 9.17) is 4.74 Å². The SMILES string of the molecule is COCCNCC(CCc1cnn(C)c1)C1CCCC1. The molecule has 0 bridgehead atoms. The molecule has 0 amide bonds. The van der Waals surface area contributed by atoms with Gasteiger partial charge in [-0.15, -0.1) is 0 Å². The van der Waals surface area contributed by atoms with Crippen LogP contribution in [0.1, 0.15) is 37.7 Å². The number of aryl methyl sites for hydroxylation is 2. The van der Waals surface area contributed by atoms with Gasteiger partial charge in [0.25, 0.3) is 0 Å². The van der Waals surface area contributed by atoms with Crippen LogP contribution in [-0.2, 0) is 18.2 Å². The van der Waals surface area contributed by atoms with E-state index in [9.17, 15) is 0 Å². The summed E-state index contributed by atoms with van der Waals surface area (Å²) < 4.78 is 7.01. The Morgan fingerprint density at radius 2 is 2.25 bits per heavy atom. The molecule has 0 saturated heterocycles. The van der Waals surface area contributed by atoms with Gasteiger partial charge in [-0.25, -0.2) is 0 Å². The zero-order valence-electron chi connectivity index (χ0n) is 13.0. The van der Waals surface area contributed by atoms with Crippen molar-refractivity contribution in [1.82, 2.24) is 15.1 Å². The highest BCUT2D eigenvalue weighted by Crippen LogP contribution is 2.33. The van der Waals surface area contributed by atoms with Crippen molar-refractivity contribution in [3.63, 3.8) is 0 Å². The lowest BCUT2D eigenvalue weighted by molar-refractivity contribution is 0.194. The van der Waals surface area contributed by atoms with Crippen LogP contribution in [0.5, 0.6) is 0 Å². The van der Waals surface area contributed by atoms with Crippen LogP contribution in [0.3, 0.4) is 0 Å². The summed E-state index contributed by atoms with van der Waals surface area (Å²) in [6, 6.07) is 0. The lowest BCUT2D eigenvalue weighted by Gasteiger charge is -2.23. The van der Waals surface area contributed by atoms with Gasteiger partial charge in [0.2, 0.25) is 0 Å². The van der Waals surface area contributed by atoms with Crippen molar-refractivity contribution < 1.29 is 4.74 Å². The molecule has 4 heteroatoms. The number of nitrogens with one attached hydrogen (secondary N) is 1. The molecule has 1 N–H and O–H groups in total. The number of aromatic nitrogens is 2. The predicted octanol–water partition coefficient (Wildman–Crippen LogP) is 2.40. The van der Waals surface area contributed by atoms with Crippen LogP contribution in [-0.4, -0.2) is 36.6 Å². The van der Waals surface area contributed by atoms with Crippen molar-refractivity contribution in [3.8, 4) is 0 Å². The maximum absolute atomic E-state index is 5.11. The predicted molar refractivity (Wildman–Crippen MR) is 81.7 cm³/mol. The molecule has 1 fully saturated rings. The number of hydrogen-bond acceptors (Lipinski definition) is 3. The third-order valence-electron chi connectivity index (χ3n) is 4.52. The summed E-state index contributed by atoms with van der Waals surface area (Å²) in [5, 5.41) is 7.82. The van der Waals surface area contributed by atoms with Crippen LogP contribution in [0.15, 0.2) is 12.4 Å². The summed E-state index contributed by atoms with van der Waals surface area (Å²) in [7, 11) is 3.75. The fraction of sp³-hybridized carbons (Fsp3) is 0.812. The monoisotopic (exact) mass is 279 g/mol. The van der Waals surface area contributed by atoms with Gasteiger partial charge in [-0.3, -0.25) is 4.68 Å². The van der Waals surface area contributed by atoms with Crippen molar-refractivity contribution in [3.05, 3.63) is 18.0 Å². The highest BCUT2D eigenvalue weighted by molar-refractivity contribution is 5.03. The fourth-order valence-electron chi connectivity index (χ4n) is 3.35. The van der Waals surface area contributed by atoms with E-state index in [0.29, 0.717) is 0 Å². The lowest BCUT2D eigenvalue weighted by atomic mass is 9.86. The van der Waals surface area contributed by atoms with Gasteiger partial charge in [0.1, 0.15) is 0 Å². The minimum Gasteiger partial charge on any atom is -0.383 e. The molecule has 1 aromatic heterocycles. The lowest BCUT2D eigenvalue weighted by Crippen LogP contribution is -2.30. The number of hydrogen-bond donors (Lipinski definition) is 1. The van der Waals surface area contributed by atoms with E-state index in [1.165, 1.54) is 37.7 Å². The van der Waals surface area contributed by atoms with Gasteiger partial charge in [-0.05, 0) is 36.8 Å². The third kappa shape index (κ3) is 4.91. The molecular formula is C16H29N3O. The van der Waals surface area contributed by atoms with Crippen LogP contribution in [0.2, 0.25) is 0 Å². The Morgan fingerprint density at radius 3 is 2.90 bits per heavy atom. The van der Waals surface area contributed by atoms with Crippen molar-refractivity contribution in [2.24, 2.45) is 18.9 Å². The van der Waals surface area contributed by atoms with Crippen molar-refractivity contribution in [1.29, 1.82) is 0 Å². The Morgan fingerprint density at radius 1 is 1.45 bits per heavy atom. The Kier molecular flexibility index (Phi) is 6.54. The van der Waals surface area contributed by atoms with Crippen LogP contribution < -0.4 is 5.32 Å². The Labute approximate surface area is 122 Å². The Balaban J connectivity index is 1.78. The molecule has 4 nitrogen and oxygen atoms in total. The normalized spacial score (nSPS) is 17.7. The van der Waals surface area contributed by atoms with Gasteiger partial charge in [0, 0.05) is 26.9 Å². The van der Waals surface area contributed by atoms with E-state index in [2.05, 4.69) is 16.6 Å². The van der Waals surface area contributed by atoms with Gasteiger partial charge in [-0.2, -0.15) is 5.10 Å². The molecule has 1 aliphatic rings. The first-order valence-electron chi connectivity index (χ1n) is 7.96. The third-order valence-corrected chi connectivity index (χ3v) is 4.52. The maximum atomic E-state index is 5.11. The van der Waals surface area contributed by atoms with E-state index < -0.39 is 0 Å². The number of methoxy groups -OCH3 is 1. The summed E-state index contributed by atoms with van der Waals surface area (Å²) in [6.07, 6.45) is 12.3. The minimum absolute atomic E-state index is 0.801. The minimum atomic E-state index is 0.801. The molecule has 0 aliphatic heterocycles. The molecule has 1 heterocycles. The van der Waals surface area contributed by atoms with Crippen molar-refractivity contribution >= 4 is 0 Å². The van der Waals surface area contributed by atoms with E-state index in [1.807, 2.05) is 17.9 Å². The average molecular weight is 279 g/mol. The molecular weight excluding hydrogens is 250 g/mol. The van der Waals surface area contributed by atoms with Gasteiger partial charge in [-0.1, -0.05) is 25.7 Å². The van der Waals surface area contributed by atoms with E-state index in [1.54, 1.807) is 7.11 Å². The molecule has 0 radical (unpaired) electrons. The second-order valence-corrected chi connectivity index (χ2v) is 6.06. The topological polar surface area (TPSA) is 39.1 Å². The molecule has 1 atom stereocenters. The Bertz CT molecular complexity index is 372. The highest BCUT2D eigenvalue weighted by Gasteiger charge is 2.24. The van der Waals surface area contributed by atoms with Crippen molar-refractivity contribution in [2.75, 3.05) is 26.8 Å². The van der Waals surface area contributed by atoms with Crippen LogP contribution in [0, 0.1) is 11.8 Å². The first kappa shape index (κ1) is 15.5. The van der Waals surface area contributed by atoms with Crippen LogP contribution in [0.4, 0.5) is 0 Å². The second kappa shape index (κ2) is 8.42. The number of ether oxygens (including phenoxy) is 1. The number of rotatable bonds is 9. The highest BCUT2D eigenvalue weighted by atomic mass is 16.5. The zero-order valence-corrected chi connectivity index (χ0v) is 13.0. The number of nitrogens with zero attached hydrogens (tertiary/aromatic N) is 2. The first-order valence-corrected chi connectivity index (χ1v) is 7.96. The smallest absolute Gasteiger partial charge is 0.0587 e. The molecule has 2 rings (SSSR count). The molecule has 1 saturated carbocycles. The molecule has 0 spiro atoms. The molecule has 1 aliphatic carbocycles. The molecule has 114 valence electrons. The van der Waals surface area contributed by atoms with E-state index in [0.717, 1.165) is 38.0 Å². The van der Waals surface area contributed by atoms with Gasteiger partial charge in [0.15, 0.2) is 0 Å². The average Bonchev–Trinajstić information content (AvgIpc) is 3.09. The second-order valence-electron chi connectivity index (χ2n) is 6.06. The van der Waals surface area contributed by atoms with Gasteiger partial charge >= 0.3 is 0 Å². The van der Waals surface area contributed by atoms with Gasteiger partial charge < -0.3 is 10.1 Å².